The highest BCUT2D eigenvalue weighted by molar-refractivity contribution is 5.95. The number of ether oxygens (including phenoxy) is 4. The summed E-state index contributed by atoms with van der Waals surface area (Å²) in [5, 5.41) is 102. The van der Waals surface area contributed by atoms with Crippen LogP contribution in [-0.4, -0.2) is 120 Å². The van der Waals surface area contributed by atoms with E-state index in [9.17, 15) is 55.9 Å². The van der Waals surface area contributed by atoms with Gasteiger partial charge in [-0.1, -0.05) is 0 Å². The van der Waals surface area contributed by atoms with Crippen molar-refractivity contribution in [3.63, 3.8) is 0 Å². The van der Waals surface area contributed by atoms with Gasteiger partial charge in [-0.25, -0.2) is 0 Å². The van der Waals surface area contributed by atoms with Gasteiger partial charge in [0.15, 0.2) is 16.8 Å². The summed E-state index contributed by atoms with van der Waals surface area (Å²) in [5.74, 6) is -3.99. The lowest BCUT2D eigenvalue weighted by Gasteiger charge is -2.39. The third-order valence-corrected chi connectivity index (χ3v) is 6.96. The molecule has 2 saturated heterocycles. The van der Waals surface area contributed by atoms with Crippen molar-refractivity contribution < 1.29 is 74.4 Å². The zero-order valence-corrected chi connectivity index (χ0v) is 21.4. The first-order chi connectivity index (χ1) is 19.9. The maximum atomic E-state index is 13.3. The number of rotatable bonds is 6. The topological polar surface area (TPSA) is 269 Å². The number of aliphatic hydroxyl groups is 7. The highest BCUT2D eigenvalue weighted by atomic mass is 16.7. The molecule has 2 fully saturated rings. The first-order valence-corrected chi connectivity index (χ1v) is 12.6. The summed E-state index contributed by atoms with van der Waals surface area (Å²) in [6.45, 7) is -1.32. The van der Waals surface area contributed by atoms with E-state index in [1.54, 1.807) is 0 Å². The Morgan fingerprint density at radius 3 is 2.10 bits per heavy atom. The van der Waals surface area contributed by atoms with E-state index in [1.807, 2.05) is 0 Å². The van der Waals surface area contributed by atoms with Crippen LogP contribution in [0.4, 0.5) is 0 Å². The molecule has 1 aromatic heterocycles. The number of aromatic hydroxyl groups is 3. The molecule has 42 heavy (non-hydrogen) atoms. The van der Waals surface area contributed by atoms with Crippen molar-refractivity contribution in [2.24, 2.45) is 0 Å². The van der Waals surface area contributed by atoms with Gasteiger partial charge in [0.2, 0.25) is 29.8 Å². The highest BCUT2D eigenvalue weighted by Crippen LogP contribution is 2.51. The fourth-order valence-corrected chi connectivity index (χ4v) is 4.58. The van der Waals surface area contributed by atoms with Crippen LogP contribution in [0.5, 0.6) is 28.7 Å². The van der Waals surface area contributed by atoms with Gasteiger partial charge in [0.25, 0.3) is 0 Å². The molecule has 0 spiro atoms. The SMILES string of the molecule is O=c1cc(-c2ccc(O)cc2)oc2c(O[C@@H]3O[C@H](CO)[C@H](O)[C@H](O)[C@@H]3O)c(O)c(O[C@@H]3OC[C@@H](O)[C@H](O)[C@@H]3O)c(O)c12. The quantitative estimate of drug-likeness (QED) is 0.142. The van der Waals surface area contributed by atoms with E-state index in [2.05, 4.69) is 0 Å². The van der Waals surface area contributed by atoms with E-state index in [1.165, 1.54) is 24.3 Å². The summed E-state index contributed by atoms with van der Waals surface area (Å²) < 4.78 is 27.3. The van der Waals surface area contributed by atoms with Crippen LogP contribution in [0.2, 0.25) is 0 Å². The Morgan fingerprint density at radius 1 is 0.786 bits per heavy atom. The molecule has 0 bridgehead atoms. The maximum absolute atomic E-state index is 13.3. The number of benzene rings is 2. The zero-order valence-electron chi connectivity index (χ0n) is 21.4. The highest BCUT2D eigenvalue weighted by Gasteiger charge is 2.46. The summed E-state index contributed by atoms with van der Waals surface area (Å²) in [6, 6.07) is 6.38. The van der Waals surface area contributed by atoms with Gasteiger partial charge >= 0.3 is 0 Å². The normalized spacial score (nSPS) is 31.6. The number of phenolic OH excluding ortho intramolecular Hbond substituents is 3. The summed E-state index contributed by atoms with van der Waals surface area (Å²) >= 11 is 0. The van der Waals surface area contributed by atoms with Gasteiger partial charge < -0.3 is 74.4 Å². The first kappa shape index (κ1) is 29.8. The molecule has 2 aliphatic heterocycles. The Morgan fingerprint density at radius 2 is 1.43 bits per heavy atom. The molecule has 2 aliphatic rings. The van der Waals surface area contributed by atoms with Crippen molar-refractivity contribution in [3.8, 4) is 40.1 Å². The first-order valence-electron chi connectivity index (χ1n) is 12.6. The van der Waals surface area contributed by atoms with Crippen molar-refractivity contribution in [2.45, 2.75) is 55.3 Å². The van der Waals surface area contributed by atoms with Crippen molar-refractivity contribution in [3.05, 3.63) is 40.6 Å². The average Bonchev–Trinajstić information content (AvgIpc) is 2.97. The molecule has 0 unspecified atom stereocenters. The van der Waals surface area contributed by atoms with E-state index < -0.39 is 108 Å². The summed E-state index contributed by atoms with van der Waals surface area (Å²) in [6.07, 6.45) is -15.8. The summed E-state index contributed by atoms with van der Waals surface area (Å²) in [4.78, 5) is 13.3. The Hall–Kier alpha value is -3.71. The predicted molar refractivity (Wildman–Crippen MR) is 136 cm³/mol. The molecule has 5 rings (SSSR count). The second-order valence-electron chi connectivity index (χ2n) is 9.76. The molecule has 3 aromatic rings. The summed E-state index contributed by atoms with van der Waals surface area (Å²) in [5.41, 5.74) is -1.23. The Bertz CT molecular complexity index is 1490. The van der Waals surface area contributed by atoms with Crippen molar-refractivity contribution in [1.29, 1.82) is 0 Å². The van der Waals surface area contributed by atoms with E-state index in [0.29, 0.717) is 0 Å². The zero-order chi connectivity index (χ0) is 30.5. The van der Waals surface area contributed by atoms with Crippen molar-refractivity contribution >= 4 is 11.0 Å². The van der Waals surface area contributed by atoms with Crippen LogP contribution in [0, 0.1) is 0 Å². The van der Waals surface area contributed by atoms with Crippen LogP contribution in [0.15, 0.2) is 39.5 Å². The van der Waals surface area contributed by atoms with Crippen LogP contribution in [0.1, 0.15) is 0 Å². The van der Waals surface area contributed by atoms with E-state index in [4.69, 9.17) is 23.4 Å². The van der Waals surface area contributed by atoms with Gasteiger partial charge in [-0.2, -0.15) is 0 Å². The van der Waals surface area contributed by atoms with Crippen molar-refractivity contribution in [1.82, 2.24) is 0 Å². The molecule has 0 amide bonds. The van der Waals surface area contributed by atoms with Gasteiger partial charge in [0, 0.05) is 11.6 Å². The van der Waals surface area contributed by atoms with Crippen LogP contribution >= 0.6 is 0 Å². The molecule has 0 aliphatic carbocycles. The molecule has 2 aromatic carbocycles. The number of aliphatic hydroxyl groups excluding tert-OH is 7. The fraction of sp³-hybridized carbons (Fsp3) is 0.423. The van der Waals surface area contributed by atoms with Gasteiger partial charge in [-0.05, 0) is 24.3 Å². The van der Waals surface area contributed by atoms with Crippen LogP contribution in [0.3, 0.4) is 0 Å². The Balaban J connectivity index is 1.66. The van der Waals surface area contributed by atoms with Gasteiger partial charge in [-0.3, -0.25) is 4.79 Å². The van der Waals surface area contributed by atoms with Crippen LogP contribution in [0.25, 0.3) is 22.3 Å². The monoisotopic (exact) mass is 596 g/mol. The lowest BCUT2D eigenvalue weighted by atomic mass is 9.99. The molecule has 16 nitrogen and oxygen atoms in total. The van der Waals surface area contributed by atoms with Crippen LogP contribution in [-0.2, 0) is 9.47 Å². The number of phenols is 3. The minimum Gasteiger partial charge on any atom is -0.508 e. The van der Waals surface area contributed by atoms with Crippen molar-refractivity contribution in [2.75, 3.05) is 13.2 Å². The second kappa shape index (κ2) is 11.5. The lowest BCUT2D eigenvalue weighted by molar-refractivity contribution is -0.277. The third kappa shape index (κ3) is 5.19. The van der Waals surface area contributed by atoms with Crippen LogP contribution < -0.4 is 14.9 Å². The summed E-state index contributed by atoms with van der Waals surface area (Å²) in [7, 11) is 0. The van der Waals surface area contributed by atoms with E-state index >= 15 is 0 Å². The molecule has 0 saturated carbocycles. The molecule has 16 heteroatoms. The average molecular weight is 596 g/mol. The minimum atomic E-state index is -1.97. The molecule has 0 radical (unpaired) electrons. The standard InChI is InChI=1S/C26H28O16/c27-6-13-16(32)18(34)20(36)26(40-13)42-24-21(37)23(41-25-19(35)15(31)11(30)7-38-25)17(33)14-10(29)5-12(39-22(14)24)8-1-3-9(28)4-2-8/h1-5,11,13,15-16,18-20,25-28,30-37H,6-7H2/t11-,13-,15+,16+,18+,19+,20+,25+,26+/m1/s1. The van der Waals surface area contributed by atoms with Gasteiger partial charge in [-0.15, -0.1) is 0 Å². The predicted octanol–water partition coefficient (Wildman–Crippen LogP) is -2.43. The number of hydrogen-bond acceptors (Lipinski definition) is 16. The lowest BCUT2D eigenvalue weighted by Crippen LogP contribution is -2.60. The van der Waals surface area contributed by atoms with Gasteiger partial charge in [0.1, 0.15) is 59.6 Å². The second-order valence-corrected chi connectivity index (χ2v) is 9.76. The third-order valence-electron chi connectivity index (χ3n) is 6.96. The smallest absolute Gasteiger partial charge is 0.229 e. The van der Waals surface area contributed by atoms with E-state index in [0.717, 1.165) is 6.07 Å². The Labute approximate surface area is 235 Å². The fourth-order valence-electron chi connectivity index (χ4n) is 4.58. The molecule has 228 valence electrons. The number of fused-ring (bicyclic) bond motifs is 1. The molecule has 9 atom stereocenters. The van der Waals surface area contributed by atoms with Gasteiger partial charge in [0.05, 0.1) is 13.2 Å². The Kier molecular flexibility index (Phi) is 8.17. The molecule has 3 heterocycles. The number of hydrogen-bond donors (Lipinski definition) is 10. The molecular formula is C26H28O16. The molecular weight excluding hydrogens is 568 g/mol. The van der Waals surface area contributed by atoms with E-state index in [-0.39, 0.29) is 17.1 Å². The maximum Gasteiger partial charge on any atom is 0.229 e. The molecule has 10 N–H and O–H groups in total. The largest absolute Gasteiger partial charge is 0.508 e. The minimum absolute atomic E-state index is 0.0876.